The second-order valence-electron chi connectivity index (χ2n) is 5.94. The Morgan fingerprint density at radius 2 is 1.65 bits per heavy atom. The zero-order valence-electron chi connectivity index (χ0n) is 14.9. The molecule has 0 aromatic carbocycles. The van der Waals surface area contributed by atoms with Gasteiger partial charge in [-0.05, 0) is 13.3 Å². The summed E-state index contributed by atoms with van der Waals surface area (Å²) in [6.45, 7) is 0.871. The third kappa shape index (κ3) is 9.16. The second kappa shape index (κ2) is 13.3. The number of nitrogens with one attached hydrogen (secondary N) is 1. The summed E-state index contributed by atoms with van der Waals surface area (Å²) in [4.78, 5) is 11.3. The Kier molecular flexibility index (Phi) is 12.8. The summed E-state index contributed by atoms with van der Waals surface area (Å²) in [6, 6.07) is -1.36. The van der Waals surface area contributed by atoms with E-state index in [1.165, 1.54) is 6.92 Å². The zero-order valence-corrected chi connectivity index (χ0v) is 14.9. The lowest BCUT2D eigenvalue weighted by Gasteiger charge is -2.31. The third-order valence-corrected chi connectivity index (χ3v) is 3.57. The number of rotatable bonds is 14. The van der Waals surface area contributed by atoms with Gasteiger partial charge in [0.2, 0.25) is 5.91 Å². The lowest BCUT2D eigenvalue weighted by Crippen LogP contribution is -2.55. The predicted molar refractivity (Wildman–Crippen MR) is 87.8 cm³/mol. The molecule has 0 aliphatic rings. The maximum atomic E-state index is 11.3. The monoisotopic (exact) mass is 385 g/mol. The van der Waals surface area contributed by atoms with Crippen LogP contribution in [0.15, 0.2) is 0 Å². The smallest absolute Gasteiger partial charge is 0.217 e. The molecule has 0 aromatic rings. The van der Waals surface area contributed by atoms with Crippen LogP contribution in [0.2, 0.25) is 0 Å². The Labute approximate surface area is 151 Å². The van der Waals surface area contributed by atoms with Gasteiger partial charge in [-0.15, -0.1) is 0 Å². The van der Waals surface area contributed by atoms with Gasteiger partial charge in [-0.3, -0.25) is 4.79 Å². The molecule has 11 heteroatoms. The summed E-state index contributed by atoms with van der Waals surface area (Å²) in [5, 5.41) is 68.4. The number of hydrogen-bond acceptors (Lipinski definition) is 10. The second-order valence-corrected chi connectivity index (χ2v) is 5.94. The number of hydrogen-bond donors (Lipinski definition) is 8. The first-order valence-corrected chi connectivity index (χ1v) is 8.26. The maximum absolute atomic E-state index is 11.3. The molecule has 0 radical (unpaired) electrons. The minimum absolute atomic E-state index is 0.166. The van der Waals surface area contributed by atoms with E-state index in [0.29, 0.717) is 0 Å². The van der Waals surface area contributed by atoms with Crippen LogP contribution < -0.4 is 5.32 Å². The Hall–Kier alpha value is -0.890. The van der Waals surface area contributed by atoms with Gasteiger partial charge in [-0.25, -0.2) is 0 Å². The van der Waals surface area contributed by atoms with E-state index in [-0.39, 0.29) is 13.0 Å². The molecule has 0 fully saturated rings. The Balaban J connectivity index is 4.72. The van der Waals surface area contributed by atoms with E-state index in [1.807, 2.05) is 0 Å². The van der Waals surface area contributed by atoms with E-state index in [2.05, 4.69) is 5.32 Å². The van der Waals surface area contributed by atoms with E-state index < -0.39 is 68.6 Å². The average Bonchev–Trinajstić information content (AvgIpc) is 2.60. The summed E-state index contributed by atoms with van der Waals surface area (Å²) in [5.41, 5.74) is 0. The molecule has 11 nitrogen and oxygen atoms in total. The number of aliphatic hydroxyl groups is 7. The Morgan fingerprint density at radius 3 is 2.12 bits per heavy atom. The van der Waals surface area contributed by atoms with Gasteiger partial charge in [0, 0.05) is 13.5 Å². The van der Waals surface area contributed by atoms with Crippen LogP contribution in [0.1, 0.15) is 20.3 Å². The molecule has 0 bridgehead atoms. The summed E-state index contributed by atoms with van der Waals surface area (Å²) in [6.07, 6.45) is -7.94. The first kappa shape index (κ1) is 25.1. The molecule has 156 valence electrons. The SMILES string of the molecule is CC(=O)NC(C(O)[C@H](O)CCO)[C@@H](O)OC[C@@H](C)OC(CO)[C@@H](O)CO. The van der Waals surface area contributed by atoms with Crippen LogP contribution in [0.5, 0.6) is 0 Å². The topological polar surface area (TPSA) is 189 Å². The highest BCUT2D eigenvalue weighted by Gasteiger charge is 2.33. The molecule has 8 N–H and O–H groups in total. The fourth-order valence-electron chi connectivity index (χ4n) is 2.15. The largest absolute Gasteiger partial charge is 0.396 e. The van der Waals surface area contributed by atoms with Crippen LogP contribution in [-0.2, 0) is 14.3 Å². The molecular formula is C15H31NO10. The molecule has 0 aliphatic heterocycles. The third-order valence-electron chi connectivity index (χ3n) is 3.57. The molecule has 1 amide bonds. The van der Waals surface area contributed by atoms with E-state index in [1.54, 1.807) is 0 Å². The minimum Gasteiger partial charge on any atom is -0.396 e. The fraction of sp³-hybridized carbons (Fsp3) is 0.933. The van der Waals surface area contributed by atoms with Crippen LogP contribution in [0.4, 0.5) is 0 Å². The van der Waals surface area contributed by atoms with Crippen molar-refractivity contribution in [2.45, 2.75) is 63.1 Å². The number of aliphatic hydroxyl groups excluding tert-OH is 7. The molecule has 0 saturated carbocycles. The number of carbonyl (C=O) groups excluding carboxylic acids is 1. The van der Waals surface area contributed by atoms with Gasteiger partial charge in [0.1, 0.15) is 24.4 Å². The van der Waals surface area contributed by atoms with Crippen LogP contribution in [0.25, 0.3) is 0 Å². The fourth-order valence-corrected chi connectivity index (χ4v) is 2.15. The highest BCUT2D eigenvalue weighted by molar-refractivity contribution is 5.73. The quantitative estimate of drug-likeness (QED) is 0.137. The zero-order chi connectivity index (χ0) is 20.3. The molecular weight excluding hydrogens is 354 g/mol. The molecule has 0 heterocycles. The molecule has 0 spiro atoms. The van der Waals surface area contributed by atoms with E-state index in [9.17, 15) is 25.2 Å². The lowest BCUT2D eigenvalue weighted by molar-refractivity contribution is -0.185. The Morgan fingerprint density at radius 1 is 1.04 bits per heavy atom. The van der Waals surface area contributed by atoms with E-state index in [4.69, 9.17) is 24.8 Å². The van der Waals surface area contributed by atoms with Crippen molar-refractivity contribution in [1.82, 2.24) is 5.32 Å². The van der Waals surface area contributed by atoms with Gasteiger partial charge in [0.05, 0.1) is 32.0 Å². The van der Waals surface area contributed by atoms with Gasteiger partial charge in [-0.1, -0.05) is 0 Å². The van der Waals surface area contributed by atoms with Crippen LogP contribution in [0.3, 0.4) is 0 Å². The molecule has 3 unspecified atom stereocenters. The molecule has 7 atom stereocenters. The van der Waals surface area contributed by atoms with Gasteiger partial charge in [-0.2, -0.15) is 0 Å². The van der Waals surface area contributed by atoms with Crippen LogP contribution in [0, 0.1) is 0 Å². The van der Waals surface area contributed by atoms with Gasteiger partial charge < -0.3 is 50.5 Å². The summed E-state index contributed by atoms with van der Waals surface area (Å²) in [7, 11) is 0. The predicted octanol–water partition coefficient (Wildman–Crippen LogP) is -3.95. The first-order chi connectivity index (χ1) is 12.2. The van der Waals surface area contributed by atoms with Gasteiger partial charge in [0.15, 0.2) is 6.29 Å². The van der Waals surface area contributed by atoms with Crippen LogP contribution >= 0.6 is 0 Å². The lowest BCUT2D eigenvalue weighted by atomic mass is 10.0. The molecule has 0 aliphatic carbocycles. The van der Waals surface area contributed by atoms with Gasteiger partial charge >= 0.3 is 0 Å². The highest BCUT2D eigenvalue weighted by atomic mass is 16.6. The van der Waals surface area contributed by atoms with Crippen molar-refractivity contribution in [3.8, 4) is 0 Å². The molecule has 0 saturated heterocycles. The van der Waals surface area contributed by atoms with Crippen molar-refractivity contribution in [3.05, 3.63) is 0 Å². The summed E-state index contributed by atoms with van der Waals surface area (Å²) < 4.78 is 10.4. The highest BCUT2D eigenvalue weighted by Crippen LogP contribution is 2.11. The number of amides is 1. The van der Waals surface area contributed by atoms with E-state index >= 15 is 0 Å². The van der Waals surface area contributed by atoms with E-state index in [0.717, 1.165) is 6.92 Å². The first-order valence-electron chi connectivity index (χ1n) is 8.26. The Bertz CT molecular complexity index is 385. The van der Waals surface area contributed by atoms with Crippen molar-refractivity contribution < 1.29 is 50.0 Å². The van der Waals surface area contributed by atoms with Crippen molar-refractivity contribution in [2.75, 3.05) is 26.4 Å². The maximum Gasteiger partial charge on any atom is 0.217 e. The molecule has 0 rings (SSSR count). The number of carbonyl (C=O) groups is 1. The van der Waals surface area contributed by atoms with Crippen molar-refractivity contribution in [1.29, 1.82) is 0 Å². The molecule has 26 heavy (non-hydrogen) atoms. The summed E-state index contributed by atoms with van der Waals surface area (Å²) >= 11 is 0. The summed E-state index contributed by atoms with van der Waals surface area (Å²) in [5.74, 6) is -0.580. The van der Waals surface area contributed by atoms with Crippen molar-refractivity contribution >= 4 is 5.91 Å². The average molecular weight is 385 g/mol. The van der Waals surface area contributed by atoms with Crippen molar-refractivity contribution in [2.24, 2.45) is 0 Å². The van der Waals surface area contributed by atoms with Gasteiger partial charge in [0.25, 0.3) is 0 Å². The molecule has 0 aromatic heterocycles. The number of ether oxygens (including phenoxy) is 2. The normalized spacial score (nSPS) is 19.9. The van der Waals surface area contributed by atoms with Crippen molar-refractivity contribution in [3.63, 3.8) is 0 Å². The minimum atomic E-state index is -1.70. The standard InChI is InChI=1S/C15H31NO10/c1-8(26-12(6-19)11(22)5-18)7-25-15(24)13(16-9(2)20)14(23)10(21)3-4-17/h8,10-15,17-19,21-24H,3-7H2,1-2H3,(H,16,20)/t8-,10-,11+,12?,13?,14?,15+/m1/s1. The van der Waals surface area contributed by atoms with Crippen LogP contribution in [-0.4, -0.2) is 111 Å².